The molecule has 0 bridgehead atoms. The van der Waals surface area contributed by atoms with Gasteiger partial charge in [0.1, 0.15) is 12.0 Å². The molecule has 1 aromatic heterocycles. The molecule has 0 amide bonds. The Morgan fingerprint density at radius 3 is 2.93 bits per heavy atom. The Kier molecular flexibility index (Phi) is 3.17. The molecule has 0 saturated heterocycles. The zero-order valence-corrected chi connectivity index (χ0v) is 7.97. The molecular formula is C8H9N3O4. The maximum Gasteiger partial charge on any atom is 0.310 e. The second kappa shape index (κ2) is 4.36. The Bertz CT molecular complexity index is 405. The lowest BCUT2D eigenvalue weighted by atomic mass is 10.1. The third kappa shape index (κ3) is 2.63. The second-order valence-corrected chi connectivity index (χ2v) is 2.75. The molecule has 0 aliphatic heterocycles. The highest BCUT2D eigenvalue weighted by Crippen LogP contribution is 2.19. The van der Waals surface area contributed by atoms with Crippen molar-refractivity contribution >= 4 is 17.5 Å². The van der Waals surface area contributed by atoms with Crippen molar-refractivity contribution in [3.8, 4) is 0 Å². The Morgan fingerprint density at radius 1 is 1.73 bits per heavy atom. The Labute approximate surface area is 85.0 Å². The first kappa shape index (κ1) is 10.9. The molecule has 2 N–H and O–H groups in total. The molecule has 1 rings (SSSR count). The Hall–Kier alpha value is -2.18. The monoisotopic (exact) mass is 211 g/mol. The van der Waals surface area contributed by atoms with E-state index in [4.69, 9.17) is 5.73 Å². The number of carbonyl (C=O) groups is 1. The van der Waals surface area contributed by atoms with E-state index in [2.05, 4.69) is 9.72 Å². The molecule has 0 saturated carbocycles. The second-order valence-electron chi connectivity index (χ2n) is 2.75. The number of rotatable bonds is 3. The van der Waals surface area contributed by atoms with Gasteiger partial charge in [0, 0.05) is 5.56 Å². The molecule has 0 fully saturated rings. The number of nitrogens with zero attached hydrogens (tertiary/aromatic N) is 2. The molecule has 0 spiro atoms. The first-order chi connectivity index (χ1) is 7.04. The maximum absolute atomic E-state index is 11.0. The summed E-state index contributed by atoms with van der Waals surface area (Å²) < 4.78 is 4.41. The number of nitrogens with two attached hydrogens (primary N) is 1. The van der Waals surface area contributed by atoms with Crippen molar-refractivity contribution in [2.75, 3.05) is 12.8 Å². The van der Waals surface area contributed by atoms with Crippen molar-refractivity contribution in [2.24, 2.45) is 0 Å². The van der Waals surface area contributed by atoms with Gasteiger partial charge in [-0.25, -0.2) is 4.98 Å². The van der Waals surface area contributed by atoms with Crippen LogP contribution in [0.25, 0.3) is 0 Å². The van der Waals surface area contributed by atoms with Gasteiger partial charge in [-0.05, 0) is 6.07 Å². The van der Waals surface area contributed by atoms with Crippen LogP contribution in [0.4, 0.5) is 11.5 Å². The molecule has 80 valence electrons. The number of methoxy groups -OCH3 is 1. The van der Waals surface area contributed by atoms with Gasteiger partial charge >= 0.3 is 5.97 Å². The lowest BCUT2D eigenvalue weighted by Crippen LogP contribution is -2.08. The molecule has 7 nitrogen and oxygen atoms in total. The number of hydrogen-bond donors (Lipinski definition) is 1. The van der Waals surface area contributed by atoms with Crippen LogP contribution < -0.4 is 5.73 Å². The summed E-state index contributed by atoms with van der Waals surface area (Å²) in [5.41, 5.74) is 5.31. The van der Waals surface area contributed by atoms with Gasteiger partial charge in [0.15, 0.2) is 0 Å². The average molecular weight is 211 g/mol. The number of pyridine rings is 1. The molecule has 0 aromatic carbocycles. The van der Waals surface area contributed by atoms with Gasteiger partial charge in [-0.2, -0.15) is 0 Å². The van der Waals surface area contributed by atoms with Crippen molar-refractivity contribution in [3.05, 3.63) is 27.9 Å². The number of aromatic nitrogens is 1. The van der Waals surface area contributed by atoms with Crippen LogP contribution in [0, 0.1) is 10.1 Å². The van der Waals surface area contributed by atoms with Crippen LogP contribution in [-0.4, -0.2) is 23.0 Å². The molecule has 15 heavy (non-hydrogen) atoms. The molecule has 0 aliphatic rings. The van der Waals surface area contributed by atoms with Crippen LogP contribution in [0.2, 0.25) is 0 Å². The van der Waals surface area contributed by atoms with E-state index in [0.717, 1.165) is 6.20 Å². The van der Waals surface area contributed by atoms with Gasteiger partial charge in [-0.3, -0.25) is 14.9 Å². The number of hydrogen-bond acceptors (Lipinski definition) is 6. The number of ether oxygens (including phenoxy) is 1. The van der Waals surface area contributed by atoms with E-state index in [0.29, 0.717) is 0 Å². The average Bonchev–Trinajstić information content (AvgIpc) is 2.17. The molecule has 7 heteroatoms. The van der Waals surface area contributed by atoms with E-state index in [1.54, 1.807) is 0 Å². The largest absolute Gasteiger partial charge is 0.469 e. The predicted molar refractivity (Wildman–Crippen MR) is 51.0 cm³/mol. The Morgan fingerprint density at radius 2 is 2.40 bits per heavy atom. The summed E-state index contributed by atoms with van der Waals surface area (Å²) in [5.74, 6) is -0.441. The van der Waals surface area contributed by atoms with E-state index in [1.807, 2.05) is 0 Å². The van der Waals surface area contributed by atoms with Gasteiger partial charge < -0.3 is 10.5 Å². The third-order valence-electron chi connectivity index (χ3n) is 1.75. The molecule has 0 aliphatic carbocycles. The lowest BCUT2D eigenvalue weighted by molar-refractivity contribution is -0.385. The highest BCUT2D eigenvalue weighted by atomic mass is 16.6. The van der Waals surface area contributed by atoms with Gasteiger partial charge in [0.05, 0.1) is 18.5 Å². The summed E-state index contributed by atoms with van der Waals surface area (Å²) in [6.07, 6.45) is 0.827. The third-order valence-corrected chi connectivity index (χ3v) is 1.75. The van der Waals surface area contributed by atoms with E-state index >= 15 is 0 Å². The highest BCUT2D eigenvalue weighted by molar-refractivity contribution is 5.74. The quantitative estimate of drug-likeness (QED) is 0.437. The molecular weight excluding hydrogens is 202 g/mol. The normalized spacial score (nSPS) is 9.67. The van der Waals surface area contributed by atoms with Crippen LogP contribution in [0.3, 0.4) is 0 Å². The van der Waals surface area contributed by atoms with Crippen LogP contribution in [0.1, 0.15) is 5.56 Å². The summed E-state index contributed by atoms with van der Waals surface area (Å²) in [6.45, 7) is 0. The van der Waals surface area contributed by atoms with Crippen LogP contribution in [0.15, 0.2) is 12.3 Å². The van der Waals surface area contributed by atoms with Crippen LogP contribution in [-0.2, 0) is 16.0 Å². The fourth-order valence-electron chi connectivity index (χ4n) is 1.04. The number of esters is 1. The minimum absolute atomic E-state index is 0.125. The van der Waals surface area contributed by atoms with Crippen molar-refractivity contribution < 1.29 is 14.5 Å². The summed E-state index contributed by atoms with van der Waals surface area (Å²) >= 11 is 0. The first-order valence-electron chi connectivity index (χ1n) is 4.00. The lowest BCUT2D eigenvalue weighted by Gasteiger charge is -2.02. The Balaban J connectivity index is 3.07. The van der Waals surface area contributed by atoms with E-state index in [9.17, 15) is 14.9 Å². The molecule has 0 atom stereocenters. The van der Waals surface area contributed by atoms with E-state index in [1.165, 1.54) is 13.2 Å². The van der Waals surface area contributed by atoms with Crippen molar-refractivity contribution in [3.63, 3.8) is 0 Å². The summed E-state index contributed by atoms with van der Waals surface area (Å²) in [5, 5.41) is 10.6. The van der Waals surface area contributed by atoms with Crippen molar-refractivity contribution in [1.82, 2.24) is 4.98 Å². The van der Waals surface area contributed by atoms with Crippen molar-refractivity contribution in [2.45, 2.75) is 6.42 Å². The minimum atomic E-state index is -0.620. The SMILES string of the molecule is COC(=O)Cc1cc(N)ncc1[N+](=O)[O-]. The minimum Gasteiger partial charge on any atom is -0.469 e. The smallest absolute Gasteiger partial charge is 0.310 e. The van der Waals surface area contributed by atoms with Gasteiger partial charge in [0.2, 0.25) is 0 Å². The maximum atomic E-state index is 11.0. The zero-order chi connectivity index (χ0) is 11.4. The first-order valence-corrected chi connectivity index (χ1v) is 4.00. The summed E-state index contributed by atoms with van der Waals surface area (Å²) in [6, 6.07) is 1.29. The van der Waals surface area contributed by atoms with Crippen LogP contribution >= 0.6 is 0 Å². The van der Waals surface area contributed by atoms with Crippen LogP contribution in [0.5, 0.6) is 0 Å². The highest BCUT2D eigenvalue weighted by Gasteiger charge is 2.17. The number of carbonyl (C=O) groups excluding carboxylic acids is 1. The van der Waals surface area contributed by atoms with Gasteiger partial charge in [-0.1, -0.05) is 0 Å². The molecule has 1 heterocycles. The topological polar surface area (TPSA) is 108 Å². The molecule has 0 radical (unpaired) electrons. The molecule has 0 unspecified atom stereocenters. The summed E-state index contributed by atoms with van der Waals surface area (Å²) in [7, 11) is 1.21. The van der Waals surface area contributed by atoms with E-state index < -0.39 is 10.9 Å². The van der Waals surface area contributed by atoms with Crippen molar-refractivity contribution in [1.29, 1.82) is 0 Å². The predicted octanol–water partition coefficient (Wildman–Crippen LogP) is 0.287. The van der Waals surface area contributed by atoms with Gasteiger partial charge in [0.25, 0.3) is 5.69 Å². The summed E-state index contributed by atoms with van der Waals surface area (Å²) in [4.78, 5) is 24.5. The number of anilines is 1. The fraction of sp³-hybridized carbons (Fsp3) is 0.250. The zero-order valence-electron chi connectivity index (χ0n) is 7.97. The number of nitrogen functional groups attached to an aromatic ring is 1. The standard InChI is InChI=1S/C8H9N3O4/c1-15-8(12)3-5-2-7(9)10-4-6(5)11(13)14/h2,4H,3H2,1H3,(H2,9,10). The molecule has 1 aromatic rings. The van der Waals surface area contributed by atoms with E-state index in [-0.39, 0.29) is 23.5 Å². The van der Waals surface area contributed by atoms with Gasteiger partial charge in [-0.15, -0.1) is 0 Å². The number of nitro groups is 1. The fourth-order valence-corrected chi connectivity index (χ4v) is 1.04.